The lowest BCUT2D eigenvalue weighted by molar-refractivity contribution is -0.161. The summed E-state index contributed by atoms with van der Waals surface area (Å²) in [5.41, 5.74) is -0.662. The summed E-state index contributed by atoms with van der Waals surface area (Å²) in [5.74, 6) is -2.39. The number of nitrogens with zero attached hydrogens (tertiary/aromatic N) is 1. The Morgan fingerprint density at radius 3 is 2.19 bits per heavy atom. The van der Waals surface area contributed by atoms with Gasteiger partial charge in [-0.15, -0.1) is 0 Å². The minimum atomic E-state index is -4.67. The maximum absolute atomic E-state index is 13.6. The van der Waals surface area contributed by atoms with E-state index in [4.69, 9.17) is 4.84 Å². The Bertz CT molecular complexity index is 529. The van der Waals surface area contributed by atoms with Crippen LogP contribution in [0.4, 0.5) is 17.6 Å². The first-order valence-electron chi connectivity index (χ1n) is 9.09. The topological polar surface area (TPSA) is 40.5 Å². The highest BCUT2D eigenvalue weighted by atomic mass is 19.4. The summed E-state index contributed by atoms with van der Waals surface area (Å²) >= 11 is 0. The third kappa shape index (κ3) is 9.10. The summed E-state index contributed by atoms with van der Waals surface area (Å²) < 4.78 is 54.8. The Kier molecular flexibility index (Phi) is 10.1. The van der Waals surface area contributed by atoms with Crippen molar-refractivity contribution in [1.29, 1.82) is 0 Å². The van der Waals surface area contributed by atoms with Crippen molar-refractivity contribution in [3.63, 3.8) is 0 Å². The summed E-state index contributed by atoms with van der Waals surface area (Å²) in [7, 11) is 0. The maximum atomic E-state index is 13.6. The lowest BCUT2D eigenvalue weighted by Gasteiger charge is -2.11. The molecular weight excluding hydrogens is 354 g/mol. The molecule has 0 aliphatic heterocycles. The van der Waals surface area contributed by atoms with Crippen molar-refractivity contribution in [2.24, 2.45) is 0 Å². The SMILES string of the molecule is CCCCCCCCCCCOn1ccc(F)c1C(=O)OCC(F)(F)F. The third-order valence-corrected chi connectivity index (χ3v) is 3.84. The second-order valence-corrected chi connectivity index (χ2v) is 6.19. The van der Waals surface area contributed by atoms with E-state index in [1.165, 1.54) is 32.1 Å². The van der Waals surface area contributed by atoms with Crippen LogP contribution in [0.1, 0.15) is 75.2 Å². The fourth-order valence-corrected chi connectivity index (χ4v) is 2.48. The van der Waals surface area contributed by atoms with E-state index in [0.717, 1.165) is 36.3 Å². The van der Waals surface area contributed by atoms with Crippen LogP contribution in [0, 0.1) is 5.82 Å². The molecule has 0 radical (unpaired) electrons. The minimum absolute atomic E-state index is 0.240. The molecule has 0 atom stereocenters. The van der Waals surface area contributed by atoms with Gasteiger partial charge in [-0.3, -0.25) is 0 Å². The molecule has 1 heterocycles. The molecular formula is C18H27F4NO3. The highest BCUT2D eigenvalue weighted by molar-refractivity contribution is 5.87. The number of halogens is 4. The van der Waals surface area contributed by atoms with E-state index in [-0.39, 0.29) is 6.61 Å². The number of unbranched alkanes of at least 4 members (excludes halogenated alkanes) is 8. The molecule has 0 amide bonds. The molecule has 0 saturated carbocycles. The van der Waals surface area contributed by atoms with Crippen LogP contribution in [0.15, 0.2) is 12.3 Å². The van der Waals surface area contributed by atoms with Crippen LogP contribution in [-0.2, 0) is 4.74 Å². The number of carbonyl (C=O) groups excluding carboxylic acids is 1. The number of carbonyl (C=O) groups is 1. The molecule has 0 fully saturated rings. The van der Waals surface area contributed by atoms with Gasteiger partial charge in [-0.2, -0.15) is 17.9 Å². The summed E-state index contributed by atoms with van der Waals surface area (Å²) in [6.07, 6.45) is 6.57. The van der Waals surface area contributed by atoms with Crippen molar-refractivity contribution in [2.75, 3.05) is 13.2 Å². The van der Waals surface area contributed by atoms with E-state index in [9.17, 15) is 22.4 Å². The van der Waals surface area contributed by atoms with Crippen LogP contribution < -0.4 is 4.84 Å². The third-order valence-electron chi connectivity index (χ3n) is 3.84. The van der Waals surface area contributed by atoms with E-state index >= 15 is 0 Å². The first kappa shape index (κ1) is 22.3. The second kappa shape index (κ2) is 11.8. The molecule has 0 aliphatic carbocycles. The van der Waals surface area contributed by atoms with Crippen molar-refractivity contribution >= 4 is 5.97 Å². The summed E-state index contributed by atoms with van der Waals surface area (Å²) in [6.45, 7) is 0.649. The van der Waals surface area contributed by atoms with E-state index < -0.39 is 30.3 Å². The zero-order chi connectivity index (χ0) is 19.4. The first-order valence-corrected chi connectivity index (χ1v) is 9.09. The molecule has 1 aromatic heterocycles. The van der Waals surface area contributed by atoms with Crippen molar-refractivity contribution in [1.82, 2.24) is 4.73 Å². The van der Waals surface area contributed by atoms with Gasteiger partial charge >= 0.3 is 12.1 Å². The lowest BCUT2D eigenvalue weighted by Crippen LogP contribution is -2.24. The quantitative estimate of drug-likeness (QED) is 0.264. The average Bonchev–Trinajstić information content (AvgIpc) is 2.94. The first-order chi connectivity index (χ1) is 12.3. The normalized spacial score (nSPS) is 11.6. The molecule has 0 aliphatic rings. The van der Waals surface area contributed by atoms with Crippen molar-refractivity contribution in [3.05, 3.63) is 23.8 Å². The number of rotatable bonds is 13. The largest absolute Gasteiger partial charge is 0.451 e. The number of ether oxygens (including phenoxy) is 1. The molecule has 1 aromatic rings. The molecule has 4 nitrogen and oxygen atoms in total. The van der Waals surface area contributed by atoms with Crippen molar-refractivity contribution in [3.8, 4) is 0 Å². The molecule has 8 heteroatoms. The fraction of sp³-hybridized carbons (Fsp3) is 0.722. The zero-order valence-electron chi connectivity index (χ0n) is 15.1. The number of hydrogen-bond acceptors (Lipinski definition) is 3. The Morgan fingerprint density at radius 1 is 1.04 bits per heavy atom. The van der Waals surface area contributed by atoms with E-state index in [0.29, 0.717) is 6.42 Å². The van der Waals surface area contributed by atoms with Gasteiger partial charge in [0.05, 0.1) is 0 Å². The van der Waals surface area contributed by atoms with Crippen molar-refractivity contribution < 1.29 is 31.9 Å². The average molecular weight is 381 g/mol. The van der Waals surface area contributed by atoms with E-state index in [2.05, 4.69) is 11.7 Å². The van der Waals surface area contributed by atoms with Gasteiger partial charge in [-0.25, -0.2) is 9.18 Å². The predicted octanol–water partition coefficient (Wildman–Crippen LogP) is 5.31. The highest BCUT2D eigenvalue weighted by Crippen LogP contribution is 2.17. The van der Waals surface area contributed by atoms with Gasteiger partial charge in [-0.1, -0.05) is 51.9 Å². The molecule has 0 unspecified atom stereocenters. The smallest absolute Gasteiger partial charge is 0.422 e. The zero-order valence-corrected chi connectivity index (χ0v) is 15.1. The Hall–Kier alpha value is -1.73. The molecule has 0 spiro atoms. The van der Waals surface area contributed by atoms with Gasteiger partial charge in [-0.05, 0) is 18.9 Å². The summed E-state index contributed by atoms with van der Waals surface area (Å²) in [6, 6.07) is 0.945. The molecule has 0 N–H and O–H groups in total. The number of alkyl halides is 3. The maximum Gasteiger partial charge on any atom is 0.422 e. The Balaban J connectivity index is 2.26. The highest BCUT2D eigenvalue weighted by Gasteiger charge is 2.31. The predicted molar refractivity (Wildman–Crippen MR) is 89.4 cm³/mol. The molecule has 1 rings (SSSR count). The van der Waals surface area contributed by atoms with Gasteiger partial charge in [0, 0.05) is 6.20 Å². The monoisotopic (exact) mass is 381 g/mol. The molecule has 0 bridgehead atoms. The van der Waals surface area contributed by atoms with Crippen LogP contribution in [0.3, 0.4) is 0 Å². The lowest BCUT2D eigenvalue weighted by atomic mass is 10.1. The summed E-state index contributed by atoms with van der Waals surface area (Å²) in [5, 5.41) is 0. The number of esters is 1. The van der Waals surface area contributed by atoms with Crippen LogP contribution in [0.25, 0.3) is 0 Å². The van der Waals surface area contributed by atoms with Gasteiger partial charge in [0.25, 0.3) is 0 Å². The van der Waals surface area contributed by atoms with E-state index in [1.54, 1.807) is 0 Å². The molecule has 0 aromatic carbocycles. The van der Waals surface area contributed by atoms with E-state index in [1.807, 2.05) is 0 Å². The Labute approximate surface area is 151 Å². The van der Waals surface area contributed by atoms with Gasteiger partial charge in [0.2, 0.25) is 0 Å². The van der Waals surface area contributed by atoms with Gasteiger partial charge in [0.15, 0.2) is 18.1 Å². The molecule has 150 valence electrons. The number of aromatic nitrogens is 1. The van der Waals surface area contributed by atoms with Gasteiger partial charge in [0.1, 0.15) is 6.61 Å². The molecule has 0 saturated heterocycles. The standard InChI is InChI=1S/C18H27F4NO3/c1-2-3-4-5-6-7-8-9-10-13-26-23-12-11-15(19)16(23)17(24)25-14-18(20,21)22/h11-12H,2-10,13-14H2,1H3. The summed E-state index contributed by atoms with van der Waals surface area (Å²) in [4.78, 5) is 16.9. The van der Waals surface area contributed by atoms with Crippen LogP contribution >= 0.6 is 0 Å². The second-order valence-electron chi connectivity index (χ2n) is 6.19. The van der Waals surface area contributed by atoms with Crippen molar-refractivity contribution in [2.45, 2.75) is 70.9 Å². The fourth-order valence-electron chi connectivity index (χ4n) is 2.48. The van der Waals surface area contributed by atoms with Crippen LogP contribution in [-0.4, -0.2) is 30.1 Å². The Morgan fingerprint density at radius 2 is 1.62 bits per heavy atom. The number of hydrogen-bond donors (Lipinski definition) is 0. The molecule has 26 heavy (non-hydrogen) atoms. The minimum Gasteiger partial charge on any atom is -0.451 e. The van der Waals surface area contributed by atoms with Gasteiger partial charge < -0.3 is 9.57 Å². The van der Waals surface area contributed by atoms with Crippen LogP contribution in [0.2, 0.25) is 0 Å². The van der Waals surface area contributed by atoms with Crippen LogP contribution in [0.5, 0.6) is 0 Å².